The maximum absolute atomic E-state index is 8.10. The number of nitriles is 1. The lowest BCUT2D eigenvalue weighted by atomic mass is 10.1. The predicted octanol–water partition coefficient (Wildman–Crippen LogP) is 0.961. The molecular weight excluding hydrogens is 182 g/mol. The van der Waals surface area contributed by atoms with Crippen molar-refractivity contribution in [3.8, 4) is 6.07 Å². The molecular formula is C9H15N3O2. The van der Waals surface area contributed by atoms with Crippen LogP contribution in [0.5, 0.6) is 0 Å². The summed E-state index contributed by atoms with van der Waals surface area (Å²) in [6.07, 6.45) is 5.85. The molecule has 14 heavy (non-hydrogen) atoms. The van der Waals surface area contributed by atoms with Crippen LogP contribution in [-0.2, 0) is 9.88 Å². The fourth-order valence-corrected chi connectivity index (χ4v) is 1.63. The molecule has 5 heteroatoms. The van der Waals surface area contributed by atoms with Gasteiger partial charge in [0.05, 0.1) is 6.07 Å². The Kier molecular flexibility index (Phi) is 4.97. The molecule has 0 aromatic carbocycles. The summed E-state index contributed by atoms with van der Waals surface area (Å²) in [5.74, 6) is 0.619. The van der Waals surface area contributed by atoms with E-state index in [1.54, 1.807) is 12.3 Å². The smallest absolute Gasteiger partial charge is 0.183 e. The van der Waals surface area contributed by atoms with Crippen LogP contribution in [0.3, 0.4) is 0 Å². The second-order valence-corrected chi connectivity index (χ2v) is 3.46. The Morgan fingerprint density at radius 2 is 2.43 bits per heavy atom. The van der Waals surface area contributed by atoms with Crippen LogP contribution in [0.15, 0.2) is 5.16 Å². The topological polar surface area (TPSA) is 80.6 Å². The van der Waals surface area contributed by atoms with Gasteiger partial charge in [-0.2, -0.15) is 5.26 Å². The normalized spacial score (nSPS) is 26.6. The number of nitrogens with zero attached hydrogens (tertiary/aromatic N) is 2. The largest absolute Gasteiger partial charge is 0.328 e. The highest BCUT2D eigenvalue weighted by Crippen LogP contribution is 2.25. The van der Waals surface area contributed by atoms with E-state index in [0.29, 0.717) is 12.0 Å². The molecule has 0 bridgehead atoms. The van der Waals surface area contributed by atoms with Crippen molar-refractivity contribution >= 4 is 6.21 Å². The zero-order valence-electron chi connectivity index (χ0n) is 8.06. The highest BCUT2D eigenvalue weighted by molar-refractivity contribution is 5.56. The molecule has 2 N–H and O–H groups in total. The van der Waals surface area contributed by atoms with Crippen molar-refractivity contribution in [1.82, 2.24) is 0 Å². The first kappa shape index (κ1) is 11.0. The lowest BCUT2D eigenvalue weighted by Crippen LogP contribution is -2.14. The van der Waals surface area contributed by atoms with Crippen LogP contribution in [-0.4, -0.2) is 18.9 Å². The Balaban J connectivity index is 2.00. The summed E-state index contributed by atoms with van der Waals surface area (Å²) in [5, 5.41) is 11.7. The Hall–Kier alpha value is -1.12. The zero-order chi connectivity index (χ0) is 10.2. The average molecular weight is 197 g/mol. The number of nitrogens with two attached hydrogens (primary N) is 1. The van der Waals surface area contributed by atoms with E-state index in [9.17, 15) is 0 Å². The van der Waals surface area contributed by atoms with E-state index < -0.39 is 0 Å². The van der Waals surface area contributed by atoms with Crippen LogP contribution in [0.4, 0.5) is 0 Å². The highest BCUT2D eigenvalue weighted by Gasteiger charge is 2.20. The molecule has 1 fully saturated rings. The minimum Gasteiger partial charge on any atom is -0.328 e. The molecule has 1 saturated carbocycles. The minimum absolute atomic E-state index is 0.106. The molecule has 0 heterocycles. The number of hydrogen-bond donors (Lipinski definition) is 1. The third kappa shape index (κ3) is 4.21. The molecule has 1 rings (SSSR count). The van der Waals surface area contributed by atoms with Crippen molar-refractivity contribution in [2.24, 2.45) is 16.8 Å². The molecule has 78 valence electrons. The fraction of sp³-hybridized carbons (Fsp3) is 0.778. The van der Waals surface area contributed by atoms with E-state index >= 15 is 0 Å². The van der Waals surface area contributed by atoms with Gasteiger partial charge in [-0.15, -0.1) is 4.89 Å². The Bertz CT molecular complexity index is 225. The zero-order valence-corrected chi connectivity index (χ0v) is 8.06. The lowest BCUT2D eigenvalue weighted by Gasteiger charge is -2.03. The summed E-state index contributed by atoms with van der Waals surface area (Å²) in [4.78, 5) is 8.76. The van der Waals surface area contributed by atoms with Crippen LogP contribution in [0.2, 0.25) is 0 Å². The van der Waals surface area contributed by atoms with Gasteiger partial charge in [0.25, 0.3) is 0 Å². The summed E-state index contributed by atoms with van der Waals surface area (Å²) in [5.41, 5.74) is 5.76. The van der Waals surface area contributed by atoms with E-state index in [2.05, 4.69) is 15.0 Å². The van der Waals surface area contributed by atoms with Crippen molar-refractivity contribution in [3.05, 3.63) is 0 Å². The summed E-state index contributed by atoms with van der Waals surface area (Å²) in [6.45, 7) is -0.106. The second kappa shape index (κ2) is 6.35. The van der Waals surface area contributed by atoms with Gasteiger partial charge < -0.3 is 5.73 Å². The van der Waals surface area contributed by atoms with Gasteiger partial charge in [-0.3, -0.25) is 0 Å². The monoisotopic (exact) mass is 197 g/mol. The van der Waals surface area contributed by atoms with E-state index in [-0.39, 0.29) is 6.61 Å². The highest BCUT2D eigenvalue weighted by atomic mass is 17.3. The van der Waals surface area contributed by atoms with Gasteiger partial charge in [0, 0.05) is 12.3 Å². The molecule has 0 amide bonds. The van der Waals surface area contributed by atoms with Gasteiger partial charge in [-0.25, -0.2) is 4.99 Å². The molecule has 0 aromatic heterocycles. The van der Waals surface area contributed by atoms with Crippen LogP contribution in [0.1, 0.15) is 25.7 Å². The van der Waals surface area contributed by atoms with Crippen molar-refractivity contribution in [1.29, 1.82) is 5.26 Å². The van der Waals surface area contributed by atoms with Gasteiger partial charge in [0.2, 0.25) is 0 Å². The maximum atomic E-state index is 8.10. The van der Waals surface area contributed by atoms with Crippen molar-refractivity contribution in [2.45, 2.75) is 31.7 Å². The Morgan fingerprint density at radius 3 is 3.07 bits per heavy atom. The standard InChI is InChI=1S/C9H15N3O2/c10-4-6-13-14-12-5-3-8-1-2-9(11)7-8/h5,8-9H,1-3,6-7,11H2/b12-5+/t8-,9-/m1/s1. The molecule has 0 aliphatic heterocycles. The molecule has 1 aliphatic rings. The molecule has 0 aromatic rings. The van der Waals surface area contributed by atoms with Gasteiger partial charge in [0.1, 0.15) is 0 Å². The van der Waals surface area contributed by atoms with Crippen LogP contribution in [0.25, 0.3) is 0 Å². The van der Waals surface area contributed by atoms with E-state index in [4.69, 9.17) is 11.0 Å². The Morgan fingerprint density at radius 1 is 1.57 bits per heavy atom. The van der Waals surface area contributed by atoms with Gasteiger partial charge >= 0.3 is 0 Å². The third-order valence-corrected chi connectivity index (χ3v) is 2.31. The third-order valence-electron chi connectivity index (χ3n) is 2.31. The maximum Gasteiger partial charge on any atom is 0.183 e. The van der Waals surface area contributed by atoms with Crippen LogP contribution < -0.4 is 5.73 Å². The number of hydrogen-bond acceptors (Lipinski definition) is 5. The fourth-order valence-electron chi connectivity index (χ4n) is 1.63. The summed E-state index contributed by atoms with van der Waals surface area (Å²) in [6, 6.07) is 2.12. The van der Waals surface area contributed by atoms with Crippen molar-refractivity contribution in [3.63, 3.8) is 0 Å². The quantitative estimate of drug-likeness (QED) is 0.308. The number of oxime groups is 1. The molecule has 0 radical (unpaired) electrons. The van der Waals surface area contributed by atoms with Crippen LogP contribution >= 0.6 is 0 Å². The van der Waals surface area contributed by atoms with E-state index in [1.165, 1.54) is 0 Å². The van der Waals surface area contributed by atoms with E-state index in [1.807, 2.05) is 0 Å². The van der Waals surface area contributed by atoms with Gasteiger partial charge in [-0.05, 0) is 31.6 Å². The Labute approximate surface area is 83.4 Å². The van der Waals surface area contributed by atoms with Gasteiger partial charge in [-0.1, -0.05) is 5.16 Å². The van der Waals surface area contributed by atoms with Gasteiger partial charge in [0.15, 0.2) is 6.61 Å². The van der Waals surface area contributed by atoms with Crippen molar-refractivity contribution in [2.75, 3.05) is 6.61 Å². The summed E-state index contributed by atoms with van der Waals surface area (Å²) >= 11 is 0. The first-order chi connectivity index (χ1) is 6.83. The lowest BCUT2D eigenvalue weighted by molar-refractivity contribution is -0.285. The van der Waals surface area contributed by atoms with Crippen LogP contribution in [0, 0.1) is 17.2 Å². The van der Waals surface area contributed by atoms with Crippen molar-refractivity contribution < 1.29 is 9.88 Å². The molecule has 0 spiro atoms. The van der Waals surface area contributed by atoms with E-state index in [0.717, 1.165) is 25.7 Å². The summed E-state index contributed by atoms with van der Waals surface area (Å²) in [7, 11) is 0. The molecule has 0 saturated heterocycles. The SMILES string of the molecule is N#CCOO/N=C/C[C@H]1CC[C@@H](N)C1. The first-order valence-corrected chi connectivity index (χ1v) is 4.76. The first-order valence-electron chi connectivity index (χ1n) is 4.76. The molecule has 1 aliphatic carbocycles. The molecule has 5 nitrogen and oxygen atoms in total. The molecule has 0 unspecified atom stereocenters. The second-order valence-electron chi connectivity index (χ2n) is 3.46. The molecule has 2 atom stereocenters. The summed E-state index contributed by atoms with van der Waals surface area (Å²) < 4.78 is 0. The average Bonchev–Trinajstić information content (AvgIpc) is 2.58. The predicted molar refractivity (Wildman–Crippen MR) is 51.1 cm³/mol. The number of rotatable bonds is 5. The minimum atomic E-state index is -0.106.